The first-order valence-electron chi connectivity index (χ1n) is 7.27. The van der Waals surface area contributed by atoms with Gasteiger partial charge in [-0.25, -0.2) is 0 Å². The number of halogens is 1. The maximum Gasteiger partial charge on any atom is 0.241 e. The molecule has 1 aliphatic rings. The zero-order valence-electron chi connectivity index (χ0n) is 12.0. The van der Waals surface area contributed by atoms with Gasteiger partial charge in [-0.15, -0.1) is 12.4 Å². The SMILES string of the molecule is CC1CCCC(NC(=O)C(N)c2ccccc2)CC1.Cl. The van der Waals surface area contributed by atoms with Crippen molar-refractivity contribution in [3.63, 3.8) is 0 Å². The number of carbonyl (C=O) groups excluding carboxylic acids is 1. The van der Waals surface area contributed by atoms with Crippen molar-refractivity contribution in [1.82, 2.24) is 5.32 Å². The summed E-state index contributed by atoms with van der Waals surface area (Å²) in [5.41, 5.74) is 6.89. The molecule has 0 radical (unpaired) electrons. The van der Waals surface area contributed by atoms with Gasteiger partial charge in [0.1, 0.15) is 6.04 Å². The van der Waals surface area contributed by atoms with Crippen molar-refractivity contribution in [2.75, 3.05) is 0 Å². The molecule has 1 aromatic carbocycles. The normalized spacial score (nSPS) is 24.1. The van der Waals surface area contributed by atoms with Crippen molar-refractivity contribution in [2.45, 2.75) is 51.1 Å². The highest BCUT2D eigenvalue weighted by Gasteiger charge is 2.21. The van der Waals surface area contributed by atoms with Gasteiger partial charge in [0.15, 0.2) is 0 Å². The average molecular weight is 297 g/mol. The molecule has 3 N–H and O–H groups in total. The molecule has 3 atom stereocenters. The van der Waals surface area contributed by atoms with E-state index < -0.39 is 6.04 Å². The Bertz CT molecular complexity index is 410. The Kier molecular flexibility index (Phi) is 7.03. The quantitative estimate of drug-likeness (QED) is 0.842. The summed E-state index contributed by atoms with van der Waals surface area (Å²) >= 11 is 0. The fourth-order valence-electron chi connectivity index (χ4n) is 2.73. The minimum Gasteiger partial charge on any atom is -0.352 e. The first-order chi connectivity index (χ1) is 9.16. The Balaban J connectivity index is 0.00000200. The number of hydrogen-bond acceptors (Lipinski definition) is 2. The van der Waals surface area contributed by atoms with Crippen LogP contribution in [0.2, 0.25) is 0 Å². The molecule has 0 saturated heterocycles. The van der Waals surface area contributed by atoms with Gasteiger partial charge in [0.25, 0.3) is 0 Å². The topological polar surface area (TPSA) is 55.1 Å². The first kappa shape index (κ1) is 17.0. The molecule has 20 heavy (non-hydrogen) atoms. The predicted molar refractivity (Wildman–Crippen MR) is 84.8 cm³/mol. The molecule has 1 aromatic rings. The van der Waals surface area contributed by atoms with E-state index >= 15 is 0 Å². The van der Waals surface area contributed by atoms with E-state index in [-0.39, 0.29) is 18.3 Å². The fourth-order valence-corrected chi connectivity index (χ4v) is 2.73. The third-order valence-electron chi connectivity index (χ3n) is 4.04. The molecular formula is C16H25ClN2O. The first-order valence-corrected chi connectivity index (χ1v) is 7.27. The van der Waals surface area contributed by atoms with Crippen molar-refractivity contribution in [1.29, 1.82) is 0 Å². The van der Waals surface area contributed by atoms with E-state index in [1.165, 1.54) is 19.3 Å². The van der Waals surface area contributed by atoms with Crippen molar-refractivity contribution >= 4 is 18.3 Å². The highest BCUT2D eigenvalue weighted by atomic mass is 35.5. The van der Waals surface area contributed by atoms with Crippen LogP contribution >= 0.6 is 12.4 Å². The molecular weight excluding hydrogens is 272 g/mol. The van der Waals surface area contributed by atoms with Crippen LogP contribution in [0, 0.1) is 5.92 Å². The van der Waals surface area contributed by atoms with Gasteiger partial charge in [-0.3, -0.25) is 4.79 Å². The number of nitrogens with one attached hydrogen (secondary N) is 1. The summed E-state index contributed by atoms with van der Waals surface area (Å²) < 4.78 is 0. The zero-order valence-corrected chi connectivity index (χ0v) is 12.9. The minimum atomic E-state index is -0.554. The Morgan fingerprint density at radius 3 is 2.60 bits per heavy atom. The van der Waals surface area contributed by atoms with Gasteiger partial charge in [0.2, 0.25) is 5.91 Å². The monoisotopic (exact) mass is 296 g/mol. The lowest BCUT2D eigenvalue weighted by Crippen LogP contribution is -2.40. The lowest BCUT2D eigenvalue weighted by molar-refractivity contribution is -0.123. The average Bonchev–Trinajstić information content (AvgIpc) is 2.64. The molecule has 0 spiro atoms. The molecule has 1 aliphatic carbocycles. The van der Waals surface area contributed by atoms with Crippen LogP contribution < -0.4 is 11.1 Å². The third-order valence-corrected chi connectivity index (χ3v) is 4.04. The molecule has 0 bridgehead atoms. The van der Waals surface area contributed by atoms with Gasteiger partial charge in [0, 0.05) is 6.04 Å². The molecule has 3 nitrogen and oxygen atoms in total. The van der Waals surface area contributed by atoms with Crippen molar-refractivity contribution in [2.24, 2.45) is 11.7 Å². The van der Waals surface area contributed by atoms with E-state index in [1.807, 2.05) is 30.3 Å². The second-order valence-corrected chi connectivity index (χ2v) is 5.71. The summed E-state index contributed by atoms with van der Waals surface area (Å²) in [6, 6.07) is 9.31. The molecule has 0 heterocycles. The Morgan fingerprint density at radius 1 is 1.20 bits per heavy atom. The Labute approximate surface area is 127 Å². The maximum atomic E-state index is 12.2. The van der Waals surface area contributed by atoms with Gasteiger partial charge >= 0.3 is 0 Å². The van der Waals surface area contributed by atoms with Gasteiger partial charge in [-0.05, 0) is 30.7 Å². The molecule has 0 aromatic heterocycles. The van der Waals surface area contributed by atoms with Crippen LogP contribution in [0.25, 0.3) is 0 Å². The van der Waals surface area contributed by atoms with Gasteiger partial charge < -0.3 is 11.1 Å². The predicted octanol–water partition coefficient (Wildman–Crippen LogP) is 3.19. The number of amides is 1. The van der Waals surface area contributed by atoms with Crippen molar-refractivity contribution in [3.05, 3.63) is 35.9 Å². The summed E-state index contributed by atoms with van der Waals surface area (Å²) in [6.45, 7) is 2.29. The third kappa shape index (κ3) is 4.80. The molecule has 112 valence electrons. The maximum absolute atomic E-state index is 12.2. The number of hydrogen-bond donors (Lipinski definition) is 2. The lowest BCUT2D eigenvalue weighted by atomic mass is 10.0. The lowest BCUT2D eigenvalue weighted by Gasteiger charge is -2.19. The molecule has 0 aliphatic heterocycles. The molecule has 2 rings (SSSR count). The number of nitrogens with two attached hydrogens (primary N) is 1. The second-order valence-electron chi connectivity index (χ2n) is 5.71. The van der Waals surface area contributed by atoms with E-state index in [2.05, 4.69) is 12.2 Å². The largest absolute Gasteiger partial charge is 0.352 e. The standard InChI is InChI=1S/C16H24N2O.ClH/c1-12-6-5-9-14(11-10-12)18-16(19)15(17)13-7-3-2-4-8-13;/h2-4,7-8,12,14-15H,5-6,9-11,17H2,1H3,(H,18,19);1H. The summed E-state index contributed by atoms with van der Waals surface area (Å²) in [5, 5.41) is 3.11. The Hall–Kier alpha value is -1.06. The van der Waals surface area contributed by atoms with Crippen LogP contribution in [0.5, 0.6) is 0 Å². The zero-order chi connectivity index (χ0) is 13.7. The van der Waals surface area contributed by atoms with Crippen LogP contribution in [-0.4, -0.2) is 11.9 Å². The van der Waals surface area contributed by atoms with E-state index in [9.17, 15) is 4.79 Å². The Morgan fingerprint density at radius 2 is 1.90 bits per heavy atom. The smallest absolute Gasteiger partial charge is 0.241 e. The van der Waals surface area contributed by atoms with Crippen LogP contribution in [0.1, 0.15) is 50.6 Å². The van der Waals surface area contributed by atoms with Gasteiger partial charge in [-0.1, -0.05) is 50.1 Å². The van der Waals surface area contributed by atoms with Gasteiger partial charge in [-0.2, -0.15) is 0 Å². The number of carbonyl (C=O) groups is 1. The minimum absolute atomic E-state index is 0. The van der Waals surface area contributed by atoms with Gasteiger partial charge in [0.05, 0.1) is 0 Å². The molecule has 4 heteroatoms. The highest BCUT2D eigenvalue weighted by Crippen LogP contribution is 2.23. The fraction of sp³-hybridized carbons (Fsp3) is 0.562. The highest BCUT2D eigenvalue weighted by molar-refractivity contribution is 5.85. The van der Waals surface area contributed by atoms with Crippen LogP contribution in [0.3, 0.4) is 0 Å². The molecule has 1 saturated carbocycles. The van der Waals surface area contributed by atoms with Crippen molar-refractivity contribution < 1.29 is 4.79 Å². The molecule has 1 amide bonds. The number of rotatable bonds is 3. The van der Waals surface area contributed by atoms with E-state index in [4.69, 9.17) is 5.73 Å². The second kappa shape index (κ2) is 8.28. The van der Waals surface area contributed by atoms with Crippen LogP contribution in [0.15, 0.2) is 30.3 Å². The summed E-state index contributed by atoms with van der Waals surface area (Å²) in [5.74, 6) is 0.732. The van der Waals surface area contributed by atoms with Crippen LogP contribution in [-0.2, 0) is 4.79 Å². The summed E-state index contributed by atoms with van der Waals surface area (Å²) in [4.78, 5) is 12.2. The van der Waals surface area contributed by atoms with E-state index in [0.29, 0.717) is 6.04 Å². The molecule has 1 fully saturated rings. The summed E-state index contributed by atoms with van der Waals surface area (Å²) in [7, 11) is 0. The summed E-state index contributed by atoms with van der Waals surface area (Å²) in [6.07, 6.45) is 5.83. The van der Waals surface area contributed by atoms with E-state index in [0.717, 1.165) is 24.3 Å². The van der Waals surface area contributed by atoms with E-state index in [1.54, 1.807) is 0 Å². The molecule has 3 unspecified atom stereocenters. The van der Waals surface area contributed by atoms with Crippen molar-refractivity contribution in [3.8, 4) is 0 Å². The number of benzene rings is 1. The van der Waals surface area contributed by atoms with Crippen LogP contribution in [0.4, 0.5) is 0 Å².